The second-order valence-electron chi connectivity index (χ2n) is 4.65. The normalized spacial score (nSPS) is 13.3. The van der Waals surface area contributed by atoms with Gasteiger partial charge in [0, 0.05) is 11.9 Å². The van der Waals surface area contributed by atoms with Gasteiger partial charge in [-0.1, -0.05) is 6.07 Å². The van der Waals surface area contributed by atoms with E-state index in [4.69, 9.17) is 4.74 Å². The minimum Gasteiger partial charge on any atom is -0.480 e. The maximum Gasteiger partial charge on any atom is 0.266 e. The molecular weight excluding hydrogens is 289 g/mol. The molecule has 0 spiro atoms. The number of carbonyl (C=O) groups is 2. The van der Waals surface area contributed by atoms with E-state index in [-0.39, 0.29) is 19.1 Å². The Kier molecular flexibility index (Phi) is 3.69. The van der Waals surface area contributed by atoms with Crippen LogP contribution >= 0.6 is 0 Å². The van der Waals surface area contributed by atoms with Crippen molar-refractivity contribution in [2.45, 2.75) is 0 Å². The van der Waals surface area contributed by atoms with Crippen LogP contribution in [0.4, 0.5) is 15.9 Å². The van der Waals surface area contributed by atoms with Crippen LogP contribution in [0, 0.1) is 5.82 Å². The third-order valence-electron chi connectivity index (χ3n) is 3.07. The molecule has 0 atom stereocenters. The molecule has 0 aliphatic carbocycles. The van der Waals surface area contributed by atoms with Crippen molar-refractivity contribution in [3.63, 3.8) is 0 Å². The number of anilines is 2. The maximum absolute atomic E-state index is 13.1. The van der Waals surface area contributed by atoms with Crippen molar-refractivity contribution in [2.24, 2.45) is 0 Å². The molecule has 112 valence electrons. The van der Waals surface area contributed by atoms with Gasteiger partial charge >= 0.3 is 0 Å². The summed E-state index contributed by atoms with van der Waals surface area (Å²) in [6.45, 7) is -0.366. The zero-order valence-corrected chi connectivity index (χ0v) is 11.5. The number of rotatable bonds is 3. The first-order valence-corrected chi connectivity index (χ1v) is 6.57. The summed E-state index contributed by atoms with van der Waals surface area (Å²) in [6, 6.07) is 8.88. The molecule has 0 fully saturated rings. The fraction of sp³-hybridized carbons (Fsp3) is 0.133. The number of amides is 2. The van der Waals surface area contributed by atoms with Gasteiger partial charge in [-0.2, -0.15) is 0 Å². The minimum absolute atomic E-state index is 0.147. The van der Waals surface area contributed by atoms with Crippen molar-refractivity contribution in [1.82, 2.24) is 4.98 Å². The number of hydrogen-bond donors (Lipinski definition) is 1. The number of aromatic nitrogens is 1. The average molecular weight is 301 g/mol. The van der Waals surface area contributed by atoms with Crippen molar-refractivity contribution >= 4 is 23.3 Å². The number of ether oxygens (including phenoxy) is 1. The van der Waals surface area contributed by atoms with E-state index < -0.39 is 11.7 Å². The van der Waals surface area contributed by atoms with Crippen molar-refractivity contribution < 1.29 is 18.7 Å². The Morgan fingerprint density at radius 3 is 3.05 bits per heavy atom. The molecular formula is C15H12FN3O3. The molecule has 0 bridgehead atoms. The van der Waals surface area contributed by atoms with Crippen LogP contribution in [0.2, 0.25) is 0 Å². The van der Waals surface area contributed by atoms with E-state index in [2.05, 4.69) is 10.3 Å². The van der Waals surface area contributed by atoms with Gasteiger partial charge in [-0.25, -0.2) is 9.37 Å². The number of pyridine rings is 1. The lowest BCUT2D eigenvalue weighted by Gasteiger charge is -2.27. The van der Waals surface area contributed by atoms with Gasteiger partial charge in [-0.05, 0) is 30.3 Å². The van der Waals surface area contributed by atoms with Crippen molar-refractivity contribution in [3.05, 3.63) is 48.4 Å². The van der Waals surface area contributed by atoms with Gasteiger partial charge in [0.2, 0.25) is 5.91 Å². The Morgan fingerprint density at radius 2 is 2.23 bits per heavy atom. The summed E-state index contributed by atoms with van der Waals surface area (Å²) in [5, 5.41) is 2.54. The van der Waals surface area contributed by atoms with E-state index in [1.54, 1.807) is 18.2 Å². The van der Waals surface area contributed by atoms with Gasteiger partial charge in [-0.3, -0.25) is 14.5 Å². The Morgan fingerprint density at radius 1 is 1.36 bits per heavy atom. The highest BCUT2D eigenvalue weighted by Gasteiger charge is 2.28. The summed E-state index contributed by atoms with van der Waals surface area (Å²) < 4.78 is 18.3. The van der Waals surface area contributed by atoms with E-state index in [9.17, 15) is 14.0 Å². The highest BCUT2D eigenvalue weighted by Crippen LogP contribution is 2.28. The van der Waals surface area contributed by atoms with Gasteiger partial charge in [0.15, 0.2) is 18.2 Å². The third kappa shape index (κ3) is 2.88. The summed E-state index contributed by atoms with van der Waals surface area (Å²) in [6.07, 6.45) is 1.51. The van der Waals surface area contributed by atoms with E-state index in [1.165, 1.54) is 29.3 Å². The van der Waals surface area contributed by atoms with E-state index in [1.807, 2.05) is 0 Å². The predicted molar refractivity (Wildman–Crippen MR) is 77.1 cm³/mol. The summed E-state index contributed by atoms with van der Waals surface area (Å²) in [4.78, 5) is 29.3. The van der Waals surface area contributed by atoms with E-state index in [0.717, 1.165) is 0 Å². The predicted octanol–water partition coefficient (Wildman–Crippen LogP) is 1.58. The van der Waals surface area contributed by atoms with Gasteiger partial charge < -0.3 is 10.1 Å². The number of nitrogens with one attached hydrogen (secondary N) is 1. The monoisotopic (exact) mass is 301 g/mol. The number of fused-ring (bicyclic) bond motifs is 1. The van der Waals surface area contributed by atoms with Crippen LogP contribution < -0.4 is 15.0 Å². The summed E-state index contributed by atoms with van der Waals surface area (Å²) in [5.74, 6) is -0.515. The van der Waals surface area contributed by atoms with Crippen LogP contribution in [0.1, 0.15) is 0 Å². The number of benzene rings is 1. The molecule has 2 amide bonds. The van der Waals surface area contributed by atoms with Crippen molar-refractivity contribution in [1.29, 1.82) is 0 Å². The van der Waals surface area contributed by atoms with Crippen LogP contribution in [-0.2, 0) is 9.59 Å². The van der Waals surface area contributed by atoms with Gasteiger partial charge in [0.05, 0.1) is 0 Å². The molecule has 0 unspecified atom stereocenters. The first-order chi connectivity index (χ1) is 10.6. The molecule has 1 aromatic heterocycles. The number of halogens is 1. The minimum atomic E-state index is -0.452. The second kappa shape index (κ2) is 5.80. The summed E-state index contributed by atoms with van der Waals surface area (Å²) in [7, 11) is 0. The highest BCUT2D eigenvalue weighted by molar-refractivity contribution is 6.04. The number of nitrogens with zero attached hydrogens (tertiary/aromatic N) is 2. The molecule has 1 aliphatic rings. The Hall–Kier alpha value is -2.96. The smallest absolute Gasteiger partial charge is 0.266 e. The van der Waals surface area contributed by atoms with Gasteiger partial charge in [-0.15, -0.1) is 0 Å². The molecule has 1 aliphatic heterocycles. The van der Waals surface area contributed by atoms with E-state index >= 15 is 0 Å². The zero-order valence-electron chi connectivity index (χ0n) is 11.5. The molecule has 2 heterocycles. The first kappa shape index (κ1) is 14.0. The largest absolute Gasteiger partial charge is 0.480 e. The van der Waals surface area contributed by atoms with E-state index in [0.29, 0.717) is 17.3 Å². The fourth-order valence-corrected chi connectivity index (χ4v) is 2.11. The van der Waals surface area contributed by atoms with Crippen LogP contribution in [0.5, 0.6) is 5.75 Å². The Labute approximate surface area is 125 Å². The Balaban J connectivity index is 1.75. The molecule has 0 saturated heterocycles. The Bertz CT molecular complexity index is 735. The first-order valence-electron chi connectivity index (χ1n) is 6.57. The maximum atomic E-state index is 13.1. The quantitative estimate of drug-likeness (QED) is 0.934. The summed E-state index contributed by atoms with van der Waals surface area (Å²) >= 11 is 0. The number of hydrogen-bond acceptors (Lipinski definition) is 4. The summed E-state index contributed by atoms with van der Waals surface area (Å²) in [5.41, 5.74) is 0.326. The second-order valence-corrected chi connectivity index (χ2v) is 4.65. The van der Waals surface area contributed by atoms with Gasteiger partial charge in [0.1, 0.15) is 12.4 Å². The van der Waals surface area contributed by atoms with Crippen LogP contribution in [0.3, 0.4) is 0 Å². The topological polar surface area (TPSA) is 71.5 Å². The van der Waals surface area contributed by atoms with Crippen LogP contribution in [-0.4, -0.2) is 29.9 Å². The third-order valence-corrected chi connectivity index (χ3v) is 3.07. The van der Waals surface area contributed by atoms with Crippen LogP contribution in [0.25, 0.3) is 0 Å². The van der Waals surface area contributed by atoms with Gasteiger partial charge in [0.25, 0.3) is 5.91 Å². The standard InChI is InChI=1S/C15H12FN3O3/c16-10-3-1-4-11(7-10)18-13(20)8-19-14(21)9-22-12-5-2-6-17-15(12)19/h1-7H,8-9H2,(H,18,20). The zero-order chi connectivity index (χ0) is 15.5. The molecule has 2 aromatic rings. The lowest BCUT2D eigenvalue weighted by Crippen LogP contribution is -2.43. The molecule has 3 rings (SSSR count). The molecule has 0 saturated carbocycles. The van der Waals surface area contributed by atoms with Crippen LogP contribution in [0.15, 0.2) is 42.6 Å². The molecule has 22 heavy (non-hydrogen) atoms. The molecule has 6 nitrogen and oxygen atoms in total. The lowest BCUT2D eigenvalue weighted by molar-refractivity contribution is -0.123. The molecule has 1 aromatic carbocycles. The molecule has 1 N–H and O–H groups in total. The lowest BCUT2D eigenvalue weighted by atomic mass is 10.3. The highest BCUT2D eigenvalue weighted by atomic mass is 19.1. The SMILES string of the molecule is O=C(CN1C(=O)COc2cccnc21)Nc1cccc(F)c1. The molecule has 0 radical (unpaired) electrons. The van der Waals surface area contributed by atoms with Crippen molar-refractivity contribution in [3.8, 4) is 5.75 Å². The fourth-order valence-electron chi connectivity index (χ4n) is 2.11. The number of carbonyl (C=O) groups excluding carboxylic acids is 2. The molecule has 7 heteroatoms. The average Bonchev–Trinajstić information content (AvgIpc) is 2.50. The van der Waals surface area contributed by atoms with Crippen molar-refractivity contribution in [2.75, 3.05) is 23.4 Å².